The molecule has 3 rings (SSSR count). The van der Waals surface area contributed by atoms with Gasteiger partial charge in [-0.3, -0.25) is 14.8 Å². The number of hydrogen-bond donors (Lipinski definition) is 3. The van der Waals surface area contributed by atoms with Gasteiger partial charge in [0, 0.05) is 5.70 Å². The van der Waals surface area contributed by atoms with E-state index in [1.165, 1.54) is 31.2 Å². The van der Waals surface area contributed by atoms with Crippen LogP contribution in [0.15, 0.2) is 57.8 Å². The number of aromatic amines is 2. The molecule has 152 valence electrons. The van der Waals surface area contributed by atoms with Crippen molar-refractivity contribution in [3.05, 3.63) is 85.7 Å². The number of fused-ring (bicyclic) bond motifs is 1. The monoisotopic (exact) mass is 407 g/mol. The Bertz CT molecular complexity index is 1130. The molecule has 0 radical (unpaired) electrons. The molecule has 0 saturated heterocycles. The lowest BCUT2D eigenvalue weighted by molar-refractivity contribution is -0.140. The number of halogens is 3. The predicted octanol–water partition coefficient (Wildman–Crippen LogP) is 2.64. The van der Waals surface area contributed by atoms with Crippen LogP contribution in [-0.2, 0) is 15.7 Å². The fourth-order valence-electron chi connectivity index (χ4n) is 3.29. The molecule has 1 aromatic heterocycles. The molecule has 0 saturated carbocycles. The molecule has 1 aromatic carbocycles. The summed E-state index contributed by atoms with van der Waals surface area (Å²) in [4.78, 5) is 41.2. The number of carbonyl (C=O) groups is 1. The highest BCUT2D eigenvalue weighted by Gasteiger charge is 2.41. The molecule has 1 aliphatic heterocycles. The zero-order valence-electron chi connectivity index (χ0n) is 15.1. The Balaban J connectivity index is 2.34. The van der Waals surface area contributed by atoms with E-state index in [2.05, 4.69) is 16.9 Å². The molecule has 29 heavy (non-hydrogen) atoms. The van der Waals surface area contributed by atoms with Crippen LogP contribution < -0.4 is 16.6 Å². The molecular weight excluding hydrogens is 391 g/mol. The Labute approximate surface area is 161 Å². The van der Waals surface area contributed by atoms with Gasteiger partial charge in [-0.05, 0) is 18.6 Å². The summed E-state index contributed by atoms with van der Waals surface area (Å²) in [7, 11) is 0. The van der Waals surface area contributed by atoms with Gasteiger partial charge in [-0.2, -0.15) is 13.2 Å². The Hall–Kier alpha value is -3.56. The number of H-pyrrole nitrogens is 2. The SMILES string of the molecule is C=CCOC(=O)C1=C(C)Nc2[nH]c(=O)[nH]c(=O)c2C1c1ccccc1C(F)(F)F. The average molecular weight is 407 g/mol. The third kappa shape index (κ3) is 3.73. The van der Waals surface area contributed by atoms with Crippen LogP contribution in [0.4, 0.5) is 19.0 Å². The van der Waals surface area contributed by atoms with E-state index in [1.807, 2.05) is 4.98 Å². The maximum atomic E-state index is 13.7. The van der Waals surface area contributed by atoms with E-state index in [-0.39, 0.29) is 34.8 Å². The van der Waals surface area contributed by atoms with Gasteiger partial charge in [-0.15, -0.1) is 0 Å². The normalized spacial score (nSPS) is 16.1. The topological polar surface area (TPSA) is 104 Å². The van der Waals surface area contributed by atoms with Crippen LogP contribution in [0.5, 0.6) is 0 Å². The van der Waals surface area contributed by atoms with Gasteiger partial charge in [0.05, 0.1) is 22.6 Å². The summed E-state index contributed by atoms with van der Waals surface area (Å²) in [5, 5.41) is 2.70. The van der Waals surface area contributed by atoms with E-state index in [4.69, 9.17) is 4.74 Å². The lowest BCUT2D eigenvalue weighted by atomic mass is 9.80. The molecule has 10 heteroatoms. The fourth-order valence-corrected chi connectivity index (χ4v) is 3.29. The average Bonchev–Trinajstić information content (AvgIpc) is 2.64. The van der Waals surface area contributed by atoms with Crippen LogP contribution in [0.25, 0.3) is 0 Å². The number of allylic oxidation sites excluding steroid dienone is 1. The van der Waals surface area contributed by atoms with E-state index >= 15 is 0 Å². The second-order valence-corrected chi connectivity index (χ2v) is 6.27. The fraction of sp³-hybridized carbons (Fsp3) is 0.211. The molecule has 0 spiro atoms. The highest BCUT2D eigenvalue weighted by Crippen LogP contribution is 2.44. The molecule has 3 N–H and O–H groups in total. The Morgan fingerprint density at radius 1 is 1.24 bits per heavy atom. The van der Waals surface area contributed by atoms with Crippen LogP contribution in [-0.4, -0.2) is 22.5 Å². The number of esters is 1. The van der Waals surface area contributed by atoms with Crippen LogP contribution in [0.1, 0.15) is 29.5 Å². The number of benzene rings is 1. The van der Waals surface area contributed by atoms with Crippen molar-refractivity contribution in [2.75, 3.05) is 11.9 Å². The number of ether oxygens (including phenoxy) is 1. The summed E-state index contributed by atoms with van der Waals surface area (Å²) in [6, 6.07) is 4.62. The van der Waals surface area contributed by atoms with Crippen molar-refractivity contribution in [2.24, 2.45) is 0 Å². The molecule has 2 heterocycles. The molecule has 1 atom stereocenters. The number of carbonyl (C=O) groups excluding carboxylic acids is 1. The third-order valence-electron chi connectivity index (χ3n) is 4.40. The number of rotatable bonds is 4. The molecule has 0 aliphatic carbocycles. The summed E-state index contributed by atoms with van der Waals surface area (Å²) in [6.45, 7) is 4.70. The molecular formula is C19H16F3N3O4. The highest BCUT2D eigenvalue weighted by atomic mass is 19.4. The second-order valence-electron chi connectivity index (χ2n) is 6.27. The summed E-state index contributed by atoms with van der Waals surface area (Å²) in [5.74, 6) is -2.41. The van der Waals surface area contributed by atoms with Gasteiger partial charge in [0.25, 0.3) is 5.56 Å². The van der Waals surface area contributed by atoms with Gasteiger partial charge in [0.15, 0.2) is 0 Å². The van der Waals surface area contributed by atoms with Crippen molar-refractivity contribution >= 4 is 11.8 Å². The standard InChI is InChI=1S/C19H16F3N3O4/c1-3-8-29-17(27)12-9(2)23-15-14(16(26)25-18(28)24-15)13(12)10-6-4-5-7-11(10)19(20,21)22/h3-7,13H,1,8H2,2H3,(H3,23,24,25,26,28). The van der Waals surface area contributed by atoms with E-state index in [0.29, 0.717) is 0 Å². The van der Waals surface area contributed by atoms with Crippen molar-refractivity contribution in [2.45, 2.75) is 19.0 Å². The Morgan fingerprint density at radius 3 is 2.59 bits per heavy atom. The van der Waals surface area contributed by atoms with Gasteiger partial charge < -0.3 is 10.1 Å². The minimum atomic E-state index is -4.74. The lowest BCUT2D eigenvalue weighted by Gasteiger charge is -2.30. The minimum absolute atomic E-state index is 0.0847. The summed E-state index contributed by atoms with van der Waals surface area (Å²) < 4.78 is 46.0. The van der Waals surface area contributed by atoms with Crippen LogP contribution >= 0.6 is 0 Å². The Morgan fingerprint density at radius 2 is 1.93 bits per heavy atom. The molecule has 1 aliphatic rings. The number of aromatic nitrogens is 2. The second kappa shape index (κ2) is 7.46. The van der Waals surface area contributed by atoms with Gasteiger partial charge in [-0.25, -0.2) is 9.59 Å². The summed E-state index contributed by atoms with van der Waals surface area (Å²) in [6.07, 6.45) is -3.43. The highest BCUT2D eigenvalue weighted by molar-refractivity contribution is 5.94. The van der Waals surface area contributed by atoms with Crippen LogP contribution in [0, 0.1) is 0 Å². The summed E-state index contributed by atoms with van der Waals surface area (Å²) >= 11 is 0. The lowest BCUT2D eigenvalue weighted by Crippen LogP contribution is -2.35. The molecule has 0 amide bonds. The van der Waals surface area contributed by atoms with Crippen molar-refractivity contribution < 1.29 is 22.7 Å². The van der Waals surface area contributed by atoms with E-state index < -0.39 is 34.9 Å². The first kappa shape index (κ1) is 20.2. The zero-order chi connectivity index (χ0) is 21.3. The summed E-state index contributed by atoms with van der Waals surface area (Å²) in [5.41, 5.74) is -3.33. The van der Waals surface area contributed by atoms with Gasteiger partial charge in [0.1, 0.15) is 12.4 Å². The van der Waals surface area contributed by atoms with Gasteiger partial charge in [0.2, 0.25) is 0 Å². The van der Waals surface area contributed by atoms with Crippen LogP contribution in [0.3, 0.4) is 0 Å². The van der Waals surface area contributed by atoms with E-state index in [9.17, 15) is 27.6 Å². The first-order chi connectivity index (χ1) is 13.6. The maximum Gasteiger partial charge on any atom is 0.416 e. The van der Waals surface area contributed by atoms with Crippen molar-refractivity contribution in [3.8, 4) is 0 Å². The zero-order valence-corrected chi connectivity index (χ0v) is 15.1. The van der Waals surface area contributed by atoms with E-state index in [1.54, 1.807) is 0 Å². The molecule has 0 bridgehead atoms. The molecule has 2 aromatic rings. The number of anilines is 1. The number of alkyl halides is 3. The minimum Gasteiger partial charge on any atom is -0.458 e. The first-order valence-electron chi connectivity index (χ1n) is 8.43. The first-order valence-corrected chi connectivity index (χ1v) is 8.43. The Kier molecular flexibility index (Phi) is 5.19. The molecule has 7 nitrogen and oxygen atoms in total. The van der Waals surface area contributed by atoms with Gasteiger partial charge in [-0.1, -0.05) is 30.9 Å². The quantitative estimate of drug-likeness (QED) is 0.534. The van der Waals surface area contributed by atoms with E-state index in [0.717, 1.165) is 6.07 Å². The number of nitrogens with one attached hydrogen (secondary N) is 3. The van der Waals surface area contributed by atoms with Crippen molar-refractivity contribution in [3.63, 3.8) is 0 Å². The van der Waals surface area contributed by atoms with Gasteiger partial charge >= 0.3 is 17.8 Å². The molecule has 1 unspecified atom stereocenters. The third-order valence-corrected chi connectivity index (χ3v) is 4.40. The van der Waals surface area contributed by atoms with Crippen LogP contribution in [0.2, 0.25) is 0 Å². The predicted molar refractivity (Wildman–Crippen MR) is 98.4 cm³/mol. The smallest absolute Gasteiger partial charge is 0.416 e. The number of hydrogen-bond acceptors (Lipinski definition) is 5. The van der Waals surface area contributed by atoms with Crippen molar-refractivity contribution in [1.29, 1.82) is 0 Å². The van der Waals surface area contributed by atoms with Crippen molar-refractivity contribution in [1.82, 2.24) is 9.97 Å². The largest absolute Gasteiger partial charge is 0.458 e. The maximum absolute atomic E-state index is 13.7. The molecule has 0 fully saturated rings.